The van der Waals surface area contributed by atoms with Gasteiger partial charge >= 0.3 is 0 Å². The molecule has 1 aromatic carbocycles. The van der Waals surface area contributed by atoms with Gasteiger partial charge < -0.3 is 4.42 Å². The van der Waals surface area contributed by atoms with Crippen molar-refractivity contribution in [3.8, 4) is 0 Å². The largest absolute Gasteiger partial charge is 0.472 e. The number of halogens is 1. The van der Waals surface area contributed by atoms with Gasteiger partial charge in [-0.25, -0.2) is 4.98 Å². The van der Waals surface area contributed by atoms with E-state index >= 15 is 0 Å². The summed E-state index contributed by atoms with van der Waals surface area (Å²) in [6.45, 7) is 0.412. The number of furan rings is 1. The fraction of sp³-hybridized carbons (Fsp3) is 0.143. The Hall–Kier alpha value is -2.07. The molecule has 3 aromatic rings. The van der Waals surface area contributed by atoms with Crippen LogP contribution in [-0.2, 0) is 12.4 Å². The molecule has 0 radical (unpaired) electrons. The molecule has 0 aliphatic rings. The average Bonchev–Trinajstić information content (AvgIpc) is 2.95. The number of hydrogen-bond acceptors (Lipinski definition) is 3. The topological polar surface area (TPSA) is 48.0 Å². The van der Waals surface area contributed by atoms with Crippen molar-refractivity contribution in [1.82, 2.24) is 9.55 Å². The highest BCUT2D eigenvalue weighted by Crippen LogP contribution is 2.11. The molecular formula is C14H11ClN2O2. The number of hydrogen-bond donors (Lipinski definition) is 0. The molecule has 5 heteroatoms. The van der Waals surface area contributed by atoms with E-state index in [1.165, 1.54) is 0 Å². The molecule has 0 amide bonds. The number of para-hydroxylation sites is 1. The first-order chi connectivity index (χ1) is 9.29. The molecular weight excluding hydrogens is 264 g/mol. The number of nitrogens with zero attached hydrogens (tertiary/aromatic N) is 2. The van der Waals surface area contributed by atoms with Crippen LogP contribution in [0.25, 0.3) is 10.9 Å². The standard InChI is InChI=1S/C14H11ClN2O2/c15-7-13-16-12-4-2-1-3-11(12)14(18)17(13)8-10-5-6-19-9-10/h1-6,9H,7-8H2. The molecule has 4 nitrogen and oxygen atoms in total. The molecule has 0 fully saturated rings. The number of fused-ring (bicyclic) bond motifs is 1. The van der Waals surface area contributed by atoms with Crippen LogP contribution >= 0.6 is 11.6 Å². The smallest absolute Gasteiger partial charge is 0.261 e. The van der Waals surface area contributed by atoms with E-state index in [1.54, 1.807) is 23.2 Å². The van der Waals surface area contributed by atoms with Crippen LogP contribution in [-0.4, -0.2) is 9.55 Å². The van der Waals surface area contributed by atoms with Crippen molar-refractivity contribution in [1.29, 1.82) is 0 Å². The number of benzene rings is 1. The fourth-order valence-corrected chi connectivity index (χ4v) is 2.25. The predicted molar refractivity (Wildman–Crippen MR) is 73.4 cm³/mol. The lowest BCUT2D eigenvalue weighted by Gasteiger charge is -2.10. The molecule has 0 aliphatic carbocycles. The van der Waals surface area contributed by atoms with Crippen LogP contribution in [0.15, 0.2) is 52.1 Å². The summed E-state index contributed by atoms with van der Waals surface area (Å²) < 4.78 is 6.60. The van der Waals surface area contributed by atoms with Crippen molar-refractivity contribution in [3.05, 3.63) is 64.6 Å². The summed E-state index contributed by atoms with van der Waals surface area (Å²) >= 11 is 5.90. The zero-order valence-corrected chi connectivity index (χ0v) is 10.8. The number of alkyl halides is 1. The van der Waals surface area contributed by atoms with Gasteiger partial charge in [-0.3, -0.25) is 9.36 Å². The molecule has 0 atom stereocenters. The first kappa shape index (κ1) is 12.0. The minimum Gasteiger partial charge on any atom is -0.472 e. The molecule has 96 valence electrons. The normalized spacial score (nSPS) is 11.0. The van der Waals surface area contributed by atoms with Crippen molar-refractivity contribution < 1.29 is 4.42 Å². The predicted octanol–water partition coefficient (Wildman–Crippen LogP) is 2.78. The summed E-state index contributed by atoms with van der Waals surface area (Å²) in [6, 6.07) is 9.09. The van der Waals surface area contributed by atoms with Gasteiger partial charge in [-0.2, -0.15) is 0 Å². The Kier molecular flexibility index (Phi) is 3.09. The SMILES string of the molecule is O=c1c2ccccc2nc(CCl)n1Cc1ccoc1. The van der Waals surface area contributed by atoms with Crippen molar-refractivity contribution in [3.63, 3.8) is 0 Å². The molecule has 2 aromatic heterocycles. The molecule has 0 unspecified atom stereocenters. The highest BCUT2D eigenvalue weighted by Gasteiger charge is 2.10. The van der Waals surface area contributed by atoms with E-state index in [2.05, 4.69) is 4.98 Å². The lowest BCUT2D eigenvalue weighted by Crippen LogP contribution is -2.25. The van der Waals surface area contributed by atoms with Crippen LogP contribution in [0.1, 0.15) is 11.4 Å². The Morgan fingerprint density at radius 3 is 2.84 bits per heavy atom. The van der Waals surface area contributed by atoms with Gasteiger partial charge in [0.05, 0.1) is 35.9 Å². The molecule has 0 saturated carbocycles. The zero-order chi connectivity index (χ0) is 13.2. The van der Waals surface area contributed by atoms with Crippen molar-refractivity contribution in [2.45, 2.75) is 12.4 Å². The summed E-state index contributed by atoms with van der Waals surface area (Å²) in [5.41, 5.74) is 1.50. The second-order valence-electron chi connectivity index (χ2n) is 4.20. The summed E-state index contributed by atoms with van der Waals surface area (Å²) in [7, 11) is 0. The Morgan fingerprint density at radius 1 is 1.26 bits per heavy atom. The number of aromatic nitrogens is 2. The van der Waals surface area contributed by atoms with Gasteiger partial charge in [0.1, 0.15) is 5.82 Å². The zero-order valence-electron chi connectivity index (χ0n) is 10.0. The minimum absolute atomic E-state index is 0.0811. The second-order valence-corrected chi connectivity index (χ2v) is 4.47. The Labute approximate surface area is 114 Å². The summed E-state index contributed by atoms with van der Waals surface area (Å²) in [5, 5.41) is 0.597. The van der Waals surface area contributed by atoms with Crippen LogP contribution in [0.5, 0.6) is 0 Å². The van der Waals surface area contributed by atoms with Crippen molar-refractivity contribution in [2.24, 2.45) is 0 Å². The quantitative estimate of drug-likeness (QED) is 0.690. The van der Waals surface area contributed by atoms with Crippen molar-refractivity contribution in [2.75, 3.05) is 0 Å². The van der Waals surface area contributed by atoms with E-state index in [9.17, 15) is 4.79 Å². The number of rotatable bonds is 3. The molecule has 19 heavy (non-hydrogen) atoms. The van der Waals surface area contributed by atoms with Gasteiger partial charge in [-0.05, 0) is 18.2 Å². The first-order valence-corrected chi connectivity index (χ1v) is 6.38. The Bertz CT molecular complexity index is 763. The lowest BCUT2D eigenvalue weighted by molar-refractivity contribution is 0.560. The summed E-state index contributed by atoms with van der Waals surface area (Å²) in [6.07, 6.45) is 3.19. The van der Waals surface area contributed by atoms with Gasteiger partial charge in [0.15, 0.2) is 0 Å². The Balaban J connectivity index is 2.21. The molecule has 0 saturated heterocycles. The van der Waals surface area contributed by atoms with E-state index in [0.29, 0.717) is 23.3 Å². The average molecular weight is 275 g/mol. The van der Waals surface area contributed by atoms with Gasteiger partial charge in [0, 0.05) is 5.56 Å². The summed E-state index contributed by atoms with van der Waals surface area (Å²) in [4.78, 5) is 16.9. The third-order valence-corrected chi connectivity index (χ3v) is 3.22. The highest BCUT2D eigenvalue weighted by molar-refractivity contribution is 6.16. The summed E-state index contributed by atoms with van der Waals surface area (Å²) in [5.74, 6) is 0.754. The van der Waals surface area contributed by atoms with E-state index in [-0.39, 0.29) is 11.4 Å². The molecule has 0 bridgehead atoms. The maximum atomic E-state index is 12.5. The van der Waals surface area contributed by atoms with Crippen LogP contribution < -0.4 is 5.56 Å². The molecule has 3 rings (SSSR count). The van der Waals surface area contributed by atoms with E-state index < -0.39 is 0 Å². The Morgan fingerprint density at radius 2 is 2.11 bits per heavy atom. The minimum atomic E-state index is -0.0811. The molecule has 2 heterocycles. The fourth-order valence-electron chi connectivity index (χ4n) is 2.04. The van der Waals surface area contributed by atoms with Crippen LogP contribution in [0, 0.1) is 0 Å². The maximum Gasteiger partial charge on any atom is 0.261 e. The van der Waals surface area contributed by atoms with Gasteiger partial charge in [0.2, 0.25) is 0 Å². The van der Waals surface area contributed by atoms with E-state index in [1.807, 2.05) is 24.3 Å². The van der Waals surface area contributed by atoms with Gasteiger partial charge in [0.25, 0.3) is 5.56 Å². The maximum absolute atomic E-state index is 12.5. The van der Waals surface area contributed by atoms with E-state index in [4.69, 9.17) is 16.0 Å². The van der Waals surface area contributed by atoms with Crippen LogP contribution in [0.4, 0.5) is 0 Å². The van der Waals surface area contributed by atoms with Gasteiger partial charge in [-0.1, -0.05) is 12.1 Å². The lowest BCUT2D eigenvalue weighted by atomic mass is 10.2. The van der Waals surface area contributed by atoms with Crippen LogP contribution in [0.2, 0.25) is 0 Å². The molecule has 0 aliphatic heterocycles. The third kappa shape index (κ3) is 2.15. The second kappa shape index (κ2) is 4.90. The van der Waals surface area contributed by atoms with Crippen LogP contribution in [0.3, 0.4) is 0 Å². The highest BCUT2D eigenvalue weighted by atomic mass is 35.5. The molecule has 0 N–H and O–H groups in total. The third-order valence-electron chi connectivity index (χ3n) is 2.98. The monoisotopic (exact) mass is 274 g/mol. The molecule has 0 spiro atoms. The van der Waals surface area contributed by atoms with Crippen molar-refractivity contribution >= 4 is 22.5 Å². The first-order valence-electron chi connectivity index (χ1n) is 5.85. The van der Waals surface area contributed by atoms with E-state index in [0.717, 1.165) is 5.56 Å². The van der Waals surface area contributed by atoms with Gasteiger partial charge in [-0.15, -0.1) is 11.6 Å².